The molecule has 0 aliphatic carbocycles. The SMILES string of the molecule is Cn1c(O)nc2ncnc-2c1O.Oc1nc(O)c2nc[nH]c2n1. The number of H-pyrrole nitrogens is 1. The predicted octanol–water partition coefficient (Wildman–Crippen LogP) is -0.510. The van der Waals surface area contributed by atoms with Crippen LogP contribution in [0.5, 0.6) is 23.8 Å². The molecule has 2 aromatic rings. The molecule has 2 aliphatic heterocycles. The molecule has 5 N–H and O–H groups in total. The van der Waals surface area contributed by atoms with Crippen molar-refractivity contribution < 1.29 is 20.4 Å². The zero-order chi connectivity index (χ0) is 16.6. The highest BCUT2D eigenvalue weighted by atomic mass is 16.3. The number of nitrogens with zero attached hydrogens (tertiary/aromatic N) is 7. The maximum absolute atomic E-state index is 9.39. The summed E-state index contributed by atoms with van der Waals surface area (Å²) in [6.07, 6.45) is 2.63. The summed E-state index contributed by atoms with van der Waals surface area (Å²) in [5, 5.41) is 36.4. The summed E-state index contributed by atoms with van der Waals surface area (Å²) in [5.41, 5.74) is 0.855. The number of aromatic amines is 1. The van der Waals surface area contributed by atoms with Gasteiger partial charge in [0.1, 0.15) is 6.33 Å². The number of aromatic nitrogens is 8. The van der Waals surface area contributed by atoms with Crippen LogP contribution in [-0.2, 0) is 7.05 Å². The molecular formula is C11H10N8O4. The van der Waals surface area contributed by atoms with Gasteiger partial charge in [0.15, 0.2) is 22.7 Å². The van der Waals surface area contributed by atoms with E-state index in [1.807, 2.05) is 0 Å². The Balaban J connectivity index is 0.000000136. The molecule has 0 fully saturated rings. The van der Waals surface area contributed by atoms with E-state index >= 15 is 0 Å². The van der Waals surface area contributed by atoms with Gasteiger partial charge in [0.25, 0.3) is 6.01 Å². The quantitative estimate of drug-likeness (QED) is 0.283. The molecule has 12 nitrogen and oxygen atoms in total. The second-order valence-corrected chi connectivity index (χ2v) is 4.29. The van der Waals surface area contributed by atoms with Crippen LogP contribution >= 0.6 is 0 Å². The Morgan fingerprint density at radius 2 is 1.78 bits per heavy atom. The van der Waals surface area contributed by atoms with Crippen molar-refractivity contribution in [2.75, 3.05) is 0 Å². The minimum atomic E-state index is -0.473. The minimum Gasteiger partial charge on any atom is -0.493 e. The van der Waals surface area contributed by atoms with Crippen LogP contribution in [0.1, 0.15) is 0 Å². The first-order valence-electron chi connectivity index (χ1n) is 6.11. The normalized spacial score (nSPS) is 10.7. The molecule has 0 amide bonds. The van der Waals surface area contributed by atoms with Crippen LogP contribution in [0.25, 0.3) is 22.7 Å². The molecule has 0 aromatic carbocycles. The summed E-state index contributed by atoms with van der Waals surface area (Å²) in [6, 6.07) is -0.764. The molecule has 23 heavy (non-hydrogen) atoms. The first kappa shape index (κ1) is 14.2. The summed E-state index contributed by atoms with van der Waals surface area (Å²) in [6.45, 7) is 0. The van der Waals surface area contributed by atoms with Gasteiger partial charge in [-0.15, -0.1) is 0 Å². The zero-order valence-corrected chi connectivity index (χ0v) is 11.6. The van der Waals surface area contributed by atoms with Gasteiger partial charge < -0.3 is 25.4 Å². The molecular weight excluding hydrogens is 308 g/mol. The molecule has 0 atom stereocenters. The summed E-state index contributed by atoms with van der Waals surface area (Å²) >= 11 is 0. The Labute approximate surface area is 127 Å². The third-order valence-electron chi connectivity index (χ3n) is 2.86. The Hall–Kier alpha value is -3.70. The maximum atomic E-state index is 9.39. The first-order valence-corrected chi connectivity index (χ1v) is 6.11. The van der Waals surface area contributed by atoms with Gasteiger partial charge >= 0.3 is 6.01 Å². The molecule has 2 aromatic heterocycles. The molecule has 0 radical (unpaired) electrons. The highest BCUT2D eigenvalue weighted by Gasteiger charge is 2.17. The second kappa shape index (κ2) is 5.25. The Morgan fingerprint density at radius 3 is 2.57 bits per heavy atom. The van der Waals surface area contributed by atoms with E-state index in [4.69, 9.17) is 15.3 Å². The molecule has 0 saturated carbocycles. The van der Waals surface area contributed by atoms with Gasteiger partial charge in [-0.1, -0.05) is 0 Å². The van der Waals surface area contributed by atoms with Crippen molar-refractivity contribution in [1.29, 1.82) is 0 Å². The number of rotatable bonds is 0. The molecule has 0 spiro atoms. The predicted molar refractivity (Wildman–Crippen MR) is 73.8 cm³/mol. The van der Waals surface area contributed by atoms with Crippen LogP contribution in [0, 0.1) is 0 Å². The largest absolute Gasteiger partial charge is 0.493 e. The smallest absolute Gasteiger partial charge is 0.319 e. The van der Waals surface area contributed by atoms with Crippen LogP contribution in [0.2, 0.25) is 0 Å². The standard InChI is InChI=1S/C6H6N4O2.C5H4N4O2/c1-10-5(11)3-4(8-2-7-3)9-6(10)12;10-4-2-3(7-1-6-2)8-5(11)9-4/h2,11H,1H3,(H,7,8,9,12);1H,(H3,6,7,8,9,10,11). The van der Waals surface area contributed by atoms with Crippen molar-refractivity contribution >= 4 is 11.2 Å². The first-order chi connectivity index (χ1) is 11.0. The molecule has 2 aliphatic rings. The minimum absolute atomic E-state index is 0.144. The van der Waals surface area contributed by atoms with E-state index in [-0.39, 0.29) is 34.8 Å². The molecule has 12 heteroatoms. The lowest BCUT2D eigenvalue weighted by atomic mass is 10.4. The van der Waals surface area contributed by atoms with Gasteiger partial charge in [0.05, 0.1) is 6.33 Å². The summed E-state index contributed by atoms with van der Waals surface area (Å²) in [4.78, 5) is 24.4. The topological polar surface area (TPSA) is 179 Å². The van der Waals surface area contributed by atoms with Crippen molar-refractivity contribution in [3.8, 4) is 35.3 Å². The number of aromatic hydroxyl groups is 4. The van der Waals surface area contributed by atoms with Gasteiger partial charge in [-0.05, 0) is 0 Å². The van der Waals surface area contributed by atoms with Gasteiger partial charge in [0.2, 0.25) is 11.8 Å². The fraction of sp³-hybridized carbons (Fsp3) is 0.0909. The van der Waals surface area contributed by atoms with E-state index in [0.717, 1.165) is 4.57 Å². The van der Waals surface area contributed by atoms with Crippen molar-refractivity contribution in [2.45, 2.75) is 0 Å². The molecule has 0 bridgehead atoms. The van der Waals surface area contributed by atoms with Crippen LogP contribution in [0.4, 0.5) is 0 Å². The van der Waals surface area contributed by atoms with E-state index in [0.29, 0.717) is 5.65 Å². The Bertz CT molecular complexity index is 949. The highest BCUT2D eigenvalue weighted by molar-refractivity contribution is 5.75. The fourth-order valence-corrected chi connectivity index (χ4v) is 1.73. The third-order valence-corrected chi connectivity index (χ3v) is 2.86. The van der Waals surface area contributed by atoms with E-state index in [1.54, 1.807) is 0 Å². The number of imidazole rings is 2. The van der Waals surface area contributed by atoms with Gasteiger partial charge in [-0.2, -0.15) is 15.0 Å². The van der Waals surface area contributed by atoms with Crippen LogP contribution < -0.4 is 0 Å². The average Bonchev–Trinajstić information content (AvgIpc) is 3.14. The van der Waals surface area contributed by atoms with Gasteiger partial charge in [-0.3, -0.25) is 4.57 Å². The van der Waals surface area contributed by atoms with Crippen molar-refractivity contribution in [3.05, 3.63) is 12.7 Å². The third kappa shape index (κ3) is 2.48. The van der Waals surface area contributed by atoms with Crippen LogP contribution in [0.15, 0.2) is 12.7 Å². The zero-order valence-electron chi connectivity index (χ0n) is 11.6. The Morgan fingerprint density at radius 1 is 1.00 bits per heavy atom. The van der Waals surface area contributed by atoms with Crippen molar-refractivity contribution in [3.63, 3.8) is 0 Å². The second-order valence-electron chi connectivity index (χ2n) is 4.29. The Kier molecular flexibility index (Phi) is 3.25. The van der Waals surface area contributed by atoms with Crippen molar-refractivity contribution in [2.24, 2.45) is 7.05 Å². The average molecular weight is 318 g/mol. The lowest BCUT2D eigenvalue weighted by Gasteiger charge is -2.06. The number of hydrogen-bond donors (Lipinski definition) is 5. The summed E-state index contributed by atoms with van der Waals surface area (Å²) in [7, 11) is 1.48. The van der Waals surface area contributed by atoms with Crippen molar-refractivity contribution in [1.82, 2.24) is 39.5 Å². The van der Waals surface area contributed by atoms with Gasteiger partial charge in [0, 0.05) is 7.05 Å². The monoisotopic (exact) mass is 318 g/mol. The maximum Gasteiger partial charge on any atom is 0.319 e. The van der Waals surface area contributed by atoms with Crippen LogP contribution in [0.3, 0.4) is 0 Å². The van der Waals surface area contributed by atoms with E-state index < -0.39 is 6.01 Å². The highest BCUT2D eigenvalue weighted by Crippen LogP contribution is 2.27. The molecule has 0 saturated heterocycles. The molecule has 118 valence electrons. The lowest BCUT2D eigenvalue weighted by Crippen LogP contribution is -1.99. The van der Waals surface area contributed by atoms with E-state index in [2.05, 4.69) is 34.9 Å². The lowest BCUT2D eigenvalue weighted by molar-refractivity contribution is 0.359. The molecule has 4 rings (SSSR count). The molecule has 0 unspecified atom stereocenters. The molecule has 4 heterocycles. The number of fused-ring (bicyclic) bond motifs is 2. The fourth-order valence-electron chi connectivity index (χ4n) is 1.73. The summed E-state index contributed by atoms with van der Waals surface area (Å²) < 4.78 is 1.12. The number of hydrogen-bond acceptors (Lipinski definition) is 10. The van der Waals surface area contributed by atoms with E-state index in [1.165, 1.54) is 19.7 Å². The van der Waals surface area contributed by atoms with E-state index in [9.17, 15) is 5.11 Å². The number of nitrogens with one attached hydrogen (secondary N) is 1. The summed E-state index contributed by atoms with van der Waals surface area (Å²) in [5.74, 6) is -0.230. The van der Waals surface area contributed by atoms with Crippen LogP contribution in [-0.4, -0.2) is 59.9 Å². The van der Waals surface area contributed by atoms with Gasteiger partial charge in [-0.25, -0.2) is 15.0 Å².